The quantitative estimate of drug-likeness (QED) is 0.544. The topological polar surface area (TPSA) is 12.9 Å². The average molecular weight is 281 g/mol. The first-order valence-electron chi connectivity index (χ1n) is 8.33. The van der Waals surface area contributed by atoms with E-state index in [1.807, 2.05) is 12.3 Å². The predicted octanol–water partition coefficient (Wildman–Crippen LogP) is 5.96. The molecular formula is C20H27N. The molecule has 1 aromatic carbocycles. The van der Waals surface area contributed by atoms with Gasteiger partial charge in [-0.1, -0.05) is 63.3 Å². The van der Waals surface area contributed by atoms with Crippen molar-refractivity contribution in [3.63, 3.8) is 0 Å². The molecule has 0 aliphatic rings. The minimum absolute atomic E-state index is 1.11. The molecule has 0 saturated heterocycles. The number of benzene rings is 1. The van der Waals surface area contributed by atoms with Gasteiger partial charge in [-0.25, -0.2) is 0 Å². The zero-order chi connectivity index (χ0) is 14.9. The van der Waals surface area contributed by atoms with Crippen molar-refractivity contribution in [1.29, 1.82) is 0 Å². The number of nitrogens with zero attached hydrogens (tertiary/aromatic N) is 1. The minimum Gasteiger partial charge on any atom is -0.256 e. The molecule has 112 valence electrons. The van der Waals surface area contributed by atoms with Crippen molar-refractivity contribution in [2.75, 3.05) is 0 Å². The smallest absolute Gasteiger partial charge is 0.0707 e. The van der Waals surface area contributed by atoms with Crippen LogP contribution >= 0.6 is 0 Å². The highest BCUT2D eigenvalue weighted by molar-refractivity contribution is 5.67. The molecular weight excluding hydrogens is 254 g/mol. The van der Waals surface area contributed by atoms with E-state index in [1.54, 1.807) is 0 Å². The maximum atomic E-state index is 4.54. The van der Waals surface area contributed by atoms with E-state index in [-0.39, 0.29) is 0 Å². The summed E-state index contributed by atoms with van der Waals surface area (Å²) in [4.78, 5) is 4.54. The van der Waals surface area contributed by atoms with E-state index in [1.165, 1.54) is 61.6 Å². The number of pyridine rings is 1. The van der Waals surface area contributed by atoms with E-state index < -0.39 is 0 Å². The van der Waals surface area contributed by atoms with Crippen molar-refractivity contribution in [2.24, 2.45) is 0 Å². The van der Waals surface area contributed by atoms with Gasteiger partial charge in [-0.2, -0.15) is 0 Å². The maximum absolute atomic E-state index is 4.54. The average Bonchev–Trinajstić information content (AvgIpc) is 2.52. The summed E-state index contributed by atoms with van der Waals surface area (Å²) in [6.45, 7) is 4.46. The maximum Gasteiger partial charge on any atom is 0.0707 e. The van der Waals surface area contributed by atoms with Crippen LogP contribution in [0.25, 0.3) is 11.3 Å². The van der Waals surface area contributed by atoms with E-state index in [4.69, 9.17) is 0 Å². The second-order valence-corrected chi connectivity index (χ2v) is 5.84. The molecule has 0 aliphatic heterocycles. The van der Waals surface area contributed by atoms with Gasteiger partial charge in [0, 0.05) is 11.8 Å². The summed E-state index contributed by atoms with van der Waals surface area (Å²) in [5, 5.41) is 0. The van der Waals surface area contributed by atoms with Gasteiger partial charge in [0.2, 0.25) is 0 Å². The van der Waals surface area contributed by atoms with Crippen molar-refractivity contribution in [3.8, 4) is 11.3 Å². The van der Waals surface area contributed by atoms with Gasteiger partial charge in [0.05, 0.1) is 5.69 Å². The zero-order valence-corrected chi connectivity index (χ0v) is 13.4. The molecule has 0 saturated carbocycles. The monoisotopic (exact) mass is 281 g/mol. The van der Waals surface area contributed by atoms with Gasteiger partial charge in [-0.15, -0.1) is 0 Å². The van der Waals surface area contributed by atoms with Gasteiger partial charge < -0.3 is 0 Å². The lowest BCUT2D eigenvalue weighted by atomic mass is 9.94. The first-order chi connectivity index (χ1) is 10.3. The molecule has 0 spiro atoms. The van der Waals surface area contributed by atoms with Crippen molar-refractivity contribution in [1.82, 2.24) is 4.98 Å². The van der Waals surface area contributed by atoms with Crippen molar-refractivity contribution in [3.05, 3.63) is 53.7 Å². The van der Waals surface area contributed by atoms with E-state index >= 15 is 0 Å². The molecule has 1 heteroatoms. The van der Waals surface area contributed by atoms with Crippen molar-refractivity contribution < 1.29 is 0 Å². The zero-order valence-electron chi connectivity index (χ0n) is 13.4. The van der Waals surface area contributed by atoms with Crippen LogP contribution in [0, 0.1) is 6.92 Å². The van der Waals surface area contributed by atoms with E-state index in [0.717, 1.165) is 5.69 Å². The van der Waals surface area contributed by atoms with Gasteiger partial charge in [0.1, 0.15) is 0 Å². The van der Waals surface area contributed by atoms with E-state index in [0.29, 0.717) is 0 Å². The number of hydrogen-bond acceptors (Lipinski definition) is 1. The first-order valence-corrected chi connectivity index (χ1v) is 8.33. The van der Waals surface area contributed by atoms with E-state index in [2.05, 4.69) is 49.2 Å². The summed E-state index contributed by atoms with van der Waals surface area (Å²) in [6.07, 6.45) is 11.1. The molecule has 2 rings (SSSR count). The van der Waals surface area contributed by atoms with Crippen LogP contribution in [0.2, 0.25) is 0 Å². The highest BCUT2D eigenvalue weighted by Crippen LogP contribution is 2.27. The first kappa shape index (κ1) is 15.8. The summed E-state index contributed by atoms with van der Waals surface area (Å²) >= 11 is 0. The summed E-state index contributed by atoms with van der Waals surface area (Å²) in [5.74, 6) is 0. The van der Waals surface area contributed by atoms with Crippen LogP contribution in [0.3, 0.4) is 0 Å². The van der Waals surface area contributed by atoms with Crippen LogP contribution in [0.4, 0.5) is 0 Å². The Kier molecular flexibility index (Phi) is 6.46. The Hall–Kier alpha value is -1.63. The molecule has 1 heterocycles. The lowest BCUT2D eigenvalue weighted by molar-refractivity contribution is 0.607. The van der Waals surface area contributed by atoms with Gasteiger partial charge in [0.25, 0.3) is 0 Å². The lowest BCUT2D eigenvalue weighted by Crippen LogP contribution is -1.95. The van der Waals surface area contributed by atoms with Crippen LogP contribution in [0.15, 0.2) is 42.6 Å². The number of hydrogen-bond donors (Lipinski definition) is 0. The Morgan fingerprint density at radius 2 is 1.67 bits per heavy atom. The largest absolute Gasteiger partial charge is 0.256 e. The normalized spacial score (nSPS) is 10.8. The van der Waals surface area contributed by atoms with E-state index in [9.17, 15) is 0 Å². The van der Waals surface area contributed by atoms with Crippen LogP contribution in [0.5, 0.6) is 0 Å². The van der Waals surface area contributed by atoms with Gasteiger partial charge in [-0.3, -0.25) is 4.98 Å². The van der Waals surface area contributed by atoms with Crippen LogP contribution in [-0.4, -0.2) is 4.98 Å². The molecule has 0 bridgehead atoms. The second-order valence-electron chi connectivity index (χ2n) is 5.84. The third-order valence-corrected chi connectivity index (χ3v) is 4.08. The molecule has 0 N–H and O–H groups in total. The summed E-state index contributed by atoms with van der Waals surface area (Å²) < 4.78 is 0. The van der Waals surface area contributed by atoms with Crippen LogP contribution in [-0.2, 0) is 6.42 Å². The van der Waals surface area contributed by atoms with Gasteiger partial charge >= 0.3 is 0 Å². The Balaban J connectivity index is 2.01. The highest BCUT2D eigenvalue weighted by Gasteiger charge is 2.08. The lowest BCUT2D eigenvalue weighted by Gasteiger charge is -2.12. The molecule has 1 nitrogen and oxygen atoms in total. The fourth-order valence-corrected chi connectivity index (χ4v) is 2.91. The third-order valence-electron chi connectivity index (χ3n) is 4.08. The molecule has 2 aromatic rings. The van der Waals surface area contributed by atoms with Crippen LogP contribution < -0.4 is 0 Å². The molecule has 0 amide bonds. The third kappa shape index (κ3) is 4.70. The molecule has 0 unspecified atom stereocenters. The Morgan fingerprint density at radius 3 is 2.43 bits per heavy atom. The van der Waals surface area contributed by atoms with Gasteiger partial charge in [0.15, 0.2) is 0 Å². The standard InChI is InChI=1S/C20H27N/c1-3-4-5-6-7-8-13-18-14-11-12-17(2)20(18)19-15-9-10-16-21-19/h9-12,14-16H,3-8,13H2,1-2H3. The number of aryl methyl sites for hydroxylation is 2. The summed E-state index contributed by atoms with van der Waals surface area (Å²) in [6, 6.07) is 12.8. The highest BCUT2D eigenvalue weighted by atomic mass is 14.7. The molecule has 0 atom stereocenters. The van der Waals surface area contributed by atoms with Crippen molar-refractivity contribution >= 4 is 0 Å². The Morgan fingerprint density at radius 1 is 0.857 bits per heavy atom. The molecule has 0 aliphatic carbocycles. The molecule has 0 fully saturated rings. The number of aromatic nitrogens is 1. The summed E-state index contributed by atoms with van der Waals surface area (Å²) in [5.41, 5.74) is 5.23. The van der Waals surface area contributed by atoms with Crippen molar-refractivity contribution in [2.45, 2.75) is 58.8 Å². The molecule has 1 aromatic heterocycles. The summed E-state index contributed by atoms with van der Waals surface area (Å²) in [7, 11) is 0. The Labute approximate surface area is 129 Å². The van der Waals surface area contributed by atoms with Gasteiger partial charge in [-0.05, 0) is 43.0 Å². The molecule has 21 heavy (non-hydrogen) atoms. The number of unbranched alkanes of at least 4 members (excludes halogenated alkanes) is 5. The fraction of sp³-hybridized carbons (Fsp3) is 0.450. The minimum atomic E-state index is 1.11. The molecule has 0 radical (unpaired) electrons. The predicted molar refractivity (Wildman–Crippen MR) is 91.5 cm³/mol. The van der Waals surface area contributed by atoms with Crippen LogP contribution in [0.1, 0.15) is 56.6 Å². The SMILES string of the molecule is CCCCCCCCc1cccc(C)c1-c1ccccn1. The number of rotatable bonds is 8. The Bertz CT molecular complexity index is 531. The second kappa shape index (κ2) is 8.61. The fourth-order valence-electron chi connectivity index (χ4n) is 2.91.